The molecule has 0 unspecified atom stereocenters. The largest absolute Gasteiger partial charge is 0.466 e. The Morgan fingerprint density at radius 1 is 0.758 bits per heavy atom. The molecular formula is C25H21F3O5. The van der Waals surface area contributed by atoms with Crippen LogP contribution >= 0.6 is 0 Å². The quantitative estimate of drug-likeness (QED) is 0.455. The molecule has 0 N–H and O–H groups in total. The van der Waals surface area contributed by atoms with Gasteiger partial charge >= 0.3 is 18.1 Å². The number of halogens is 3. The molecule has 8 heteroatoms. The lowest BCUT2D eigenvalue weighted by Gasteiger charge is -2.33. The monoisotopic (exact) mass is 458 g/mol. The number of esters is 2. The Kier molecular flexibility index (Phi) is 7.18. The standard InChI is InChI=1S/C25H21F3O5/c1-31-22(29)21(19-15-13-18(14-16-19)17-9-5-3-6-10-17)33-23(30)24(32-2,25(26,27)28)20-11-7-4-8-12-20/h3-16,21H,1-2H3/t21-,24+/m0/s1. The average molecular weight is 458 g/mol. The van der Waals surface area contributed by atoms with E-state index in [9.17, 15) is 22.8 Å². The summed E-state index contributed by atoms with van der Waals surface area (Å²) in [5.41, 5.74) is -2.05. The summed E-state index contributed by atoms with van der Waals surface area (Å²) < 4.78 is 57.0. The van der Waals surface area contributed by atoms with Crippen LogP contribution < -0.4 is 0 Å². The van der Waals surface area contributed by atoms with E-state index < -0.39 is 35.4 Å². The summed E-state index contributed by atoms with van der Waals surface area (Å²) in [4.78, 5) is 25.3. The highest BCUT2D eigenvalue weighted by atomic mass is 19.4. The molecule has 0 heterocycles. The van der Waals surface area contributed by atoms with Gasteiger partial charge in [0.05, 0.1) is 7.11 Å². The van der Waals surface area contributed by atoms with Crippen LogP contribution in [0.3, 0.4) is 0 Å². The van der Waals surface area contributed by atoms with Gasteiger partial charge in [0, 0.05) is 18.2 Å². The molecule has 0 radical (unpaired) electrons. The van der Waals surface area contributed by atoms with Gasteiger partial charge in [-0.15, -0.1) is 0 Å². The van der Waals surface area contributed by atoms with Crippen molar-refractivity contribution in [1.29, 1.82) is 0 Å². The van der Waals surface area contributed by atoms with Gasteiger partial charge in [-0.25, -0.2) is 9.59 Å². The van der Waals surface area contributed by atoms with Gasteiger partial charge in [0.15, 0.2) is 0 Å². The summed E-state index contributed by atoms with van der Waals surface area (Å²) in [6, 6.07) is 22.0. The predicted molar refractivity (Wildman–Crippen MR) is 114 cm³/mol. The molecule has 172 valence electrons. The first-order valence-corrected chi connectivity index (χ1v) is 9.86. The van der Waals surface area contributed by atoms with E-state index in [0.29, 0.717) is 0 Å². The van der Waals surface area contributed by atoms with Crippen molar-refractivity contribution in [2.45, 2.75) is 17.9 Å². The first-order valence-electron chi connectivity index (χ1n) is 9.86. The molecule has 2 atom stereocenters. The fraction of sp³-hybridized carbons (Fsp3) is 0.200. The Morgan fingerprint density at radius 3 is 1.76 bits per heavy atom. The van der Waals surface area contributed by atoms with E-state index in [4.69, 9.17) is 9.47 Å². The summed E-state index contributed by atoms with van der Waals surface area (Å²) in [5.74, 6) is -2.82. The molecule has 0 aliphatic heterocycles. The molecule has 0 bridgehead atoms. The molecule has 0 spiro atoms. The topological polar surface area (TPSA) is 61.8 Å². The highest BCUT2D eigenvalue weighted by Crippen LogP contribution is 2.44. The predicted octanol–water partition coefficient (Wildman–Crippen LogP) is 5.22. The fourth-order valence-corrected chi connectivity index (χ4v) is 3.42. The number of carbonyl (C=O) groups excluding carboxylic acids is 2. The summed E-state index contributed by atoms with van der Waals surface area (Å²) in [6.07, 6.45) is -6.90. The molecule has 3 aromatic carbocycles. The van der Waals surface area contributed by atoms with Gasteiger partial charge < -0.3 is 14.2 Å². The third kappa shape index (κ3) is 4.75. The molecule has 3 rings (SSSR count). The van der Waals surface area contributed by atoms with Crippen LogP contribution in [0, 0.1) is 0 Å². The number of alkyl halides is 3. The molecule has 0 amide bonds. The van der Waals surface area contributed by atoms with E-state index in [1.807, 2.05) is 30.3 Å². The van der Waals surface area contributed by atoms with E-state index in [1.54, 1.807) is 12.1 Å². The highest BCUT2D eigenvalue weighted by Gasteiger charge is 2.64. The van der Waals surface area contributed by atoms with Gasteiger partial charge in [-0.05, 0) is 11.1 Å². The Bertz CT molecular complexity index is 1080. The molecular weight excluding hydrogens is 437 g/mol. The zero-order chi connectivity index (χ0) is 24.1. The number of carbonyl (C=O) groups is 2. The van der Waals surface area contributed by atoms with Gasteiger partial charge in [0.1, 0.15) is 0 Å². The number of methoxy groups -OCH3 is 2. The Labute approximate surface area is 188 Å². The van der Waals surface area contributed by atoms with Crippen molar-refractivity contribution < 1.29 is 37.0 Å². The number of hydrogen-bond donors (Lipinski definition) is 0. The van der Waals surface area contributed by atoms with Gasteiger partial charge in [0.25, 0.3) is 5.60 Å². The van der Waals surface area contributed by atoms with Crippen molar-refractivity contribution in [3.05, 3.63) is 96.1 Å². The van der Waals surface area contributed by atoms with Crippen LogP contribution in [0.25, 0.3) is 11.1 Å². The van der Waals surface area contributed by atoms with Crippen molar-refractivity contribution in [1.82, 2.24) is 0 Å². The summed E-state index contributed by atoms with van der Waals surface area (Å²) in [5, 5.41) is 0. The maximum Gasteiger partial charge on any atom is 0.432 e. The van der Waals surface area contributed by atoms with E-state index >= 15 is 0 Å². The van der Waals surface area contributed by atoms with Crippen LogP contribution in [-0.4, -0.2) is 32.3 Å². The normalized spacial score (nSPS) is 14.1. The van der Waals surface area contributed by atoms with Gasteiger partial charge in [-0.3, -0.25) is 0 Å². The lowest BCUT2D eigenvalue weighted by molar-refractivity contribution is -0.278. The third-order valence-electron chi connectivity index (χ3n) is 5.13. The van der Waals surface area contributed by atoms with Gasteiger partial charge in [0.2, 0.25) is 6.10 Å². The number of benzene rings is 3. The van der Waals surface area contributed by atoms with Crippen LogP contribution in [0.5, 0.6) is 0 Å². The molecule has 0 aliphatic carbocycles. The van der Waals surface area contributed by atoms with Crippen LogP contribution in [0.2, 0.25) is 0 Å². The van der Waals surface area contributed by atoms with E-state index in [2.05, 4.69) is 4.74 Å². The van der Waals surface area contributed by atoms with Gasteiger partial charge in [-0.2, -0.15) is 13.2 Å². The molecule has 0 fully saturated rings. The summed E-state index contributed by atoms with van der Waals surface area (Å²) in [6.45, 7) is 0. The first-order chi connectivity index (χ1) is 15.7. The minimum atomic E-state index is -5.17. The highest BCUT2D eigenvalue weighted by molar-refractivity contribution is 5.86. The van der Waals surface area contributed by atoms with Crippen LogP contribution in [0.15, 0.2) is 84.9 Å². The second-order valence-corrected chi connectivity index (χ2v) is 7.05. The minimum Gasteiger partial charge on any atom is -0.466 e. The molecule has 5 nitrogen and oxygen atoms in total. The van der Waals surface area contributed by atoms with Crippen molar-refractivity contribution in [3.63, 3.8) is 0 Å². The lowest BCUT2D eigenvalue weighted by atomic mass is 9.92. The number of rotatable bonds is 7. The van der Waals surface area contributed by atoms with E-state index in [-0.39, 0.29) is 5.56 Å². The molecule has 0 aliphatic rings. The zero-order valence-electron chi connectivity index (χ0n) is 17.8. The minimum absolute atomic E-state index is 0.148. The molecule has 33 heavy (non-hydrogen) atoms. The smallest absolute Gasteiger partial charge is 0.432 e. The molecule has 3 aromatic rings. The zero-order valence-corrected chi connectivity index (χ0v) is 17.8. The first kappa shape index (κ1) is 24.0. The lowest BCUT2D eigenvalue weighted by Crippen LogP contribution is -2.52. The van der Waals surface area contributed by atoms with Crippen LogP contribution in [0.1, 0.15) is 17.2 Å². The average Bonchev–Trinajstić information content (AvgIpc) is 2.83. The molecule has 0 aromatic heterocycles. The van der Waals surface area contributed by atoms with Crippen molar-refractivity contribution in [2.24, 2.45) is 0 Å². The van der Waals surface area contributed by atoms with E-state index in [1.165, 1.54) is 30.3 Å². The third-order valence-corrected chi connectivity index (χ3v) is 5.13. The summed E-state index contributed by atoms with van der Waals surface area (Å²) in [7, 11) is 1.80. The van der Waals surface area contributed by atoms with Crippen LogP contribution in [-0.2, 0) is 29.4 Å². The Balaban J connectivity index is 1.98. The van der Waals surface area contributed by atoms with Crippen molar-refractivity contribution >= 4 is 11.9 Å². The maximum atomic E-state index is 14.1. The maximum absolute atomic E-state index is 14.1. The van der Waals surface area contributed by atoms with E-state index in [0.717, 1.165) is 37.5 Å². The van der Waals surface area contributed by atoms with Crippen molar-refractivity contribution in [2.75, 3.05) is 14.2 Å². The molecule has 0 saturated heterocycles. The second-order valence-electron chi connectivity index (χ2n) is 7.05. The Hall–Kier alpha value is -3.65. The van der Waals surface area contributed by atoms with Crippen molar-refractivity contribution in [3.8, 4) is 11.1 Å². The number of hydrogen-bond acceptors (Lipinski definition) is 5. The SMILES string of the molecule is COC(=O)[C@@H](OC(=O)[C@](OC)(c1ccccc1)C(F)(F)F)c1ccc(-c2ccccc2)cc1. The Morgan fingerprint density at radius 2 is 1.27 bits per heavy atom. The van der Waals surface area contributed by atoms with Crippen LogP contribution in [0.4, 0.5) is 13.2 Å². The number of ether oxygens (including phenoxy) is 3. The van der Waals surface area contributed by atoms with Gasteiger partial charge in [-0.1, -0.05) is 84.9 Å². The fourth-order valence-electron chi connectivity index (χ4n) is 3.42. The second kappa shape index (κ2) is 9.87. The molecule has 0 saturated carbocycles. The summed E-state index contributed by atoms with van der Waals surface area (Å²) >= 11 is 0.